The number of benzene rings is 1. The lowest BCUT2D eigenvalue weighted by molar-refractivity contribution is 0.280. The Hall–Kier alpha value is -1.88. The van der Waals surface area contributed by atoms with Crippen LogP contribution in [-0.4, -0.2) is 15.6 Å². The van der Waals surface area contributed by atoms with Gasteiger partial charge in [0.15, 0.2) is 11.6 Å². The van der Waals surface area contributed by atoms with Crippen LogP contribution >= 0.6 is 0 Å². The molecule has 5 heteroatoms. The second-order valence-electron chi connectivity index (χ2n) is 5.26. The Bertz CT molecular complexity index is 581. The zero-order valence-electron chi connectivity index (χ0n) is 12.8. The Morgan fingerprint density at radius 3 is 2.86 bits per heavy atom. The van der Waals surface area contributed by atoms with Crippen LogP contribution in [0.5, 0.6) is 5.75 Å². The van der Waals surface area contributed by atoms with Crippen LogP contribution in [-0.2, 0) is 19.7 Å². The summed E-state index contributed by atoms with van der Waals surface area (Å²) in [6.07, 6.45) is 3.48. The summed E-state index contributed by atoms with van der Waals surface area (Å²) in [4.78, 5) is 4.06. The van der Waals surface area contributed by atoms with Gasteiger partial charge in [-0.1, -0.05) is 19.9 Å². The summed E-state index contributed by atoms with van der Waals surface area (Å²) in [5.74, 6) is -0.0623. The van der Waals surface area contributed by atoms with Crippen LogP contribution in [0.1, 0.15) is 32.0 Å². The van der Waals surface area contributed by atoms with E-state index in [1.54, 1.807) is 18.6 Å². The molecule has 1 heterocycles. The molecule has 2 aromatic rings. The smallest absolute Gasteiger partial charge is 0.165 e. The van der Waals surface area contributed by atoms with Gasteiger partial charge in [-0.3, -0.25) is 0 Å². The van der Waals surface area contributed by atoms with E-state index < -0.39 is 0 Å². The molecule has 0 aliphatic rings. The van der Waals surface area contributed by atoms with Crippen molar-refractivity contribution in [2.45, 2.75) is 46.5 Å². The molecule has 0 saturated heterocycles. The molecule has 2 rings (SSSR count). The minimum absolute atomic E-state index is 0.271. The zero-order chi connectivity index (χ0) is 15.2. The molecule has 1 aromatic carbocycles. The number of ether oxygens (including phenoxy) is 1. The molecule has 0 radical (unpaired) electrons. The van der Waals surface area contributed by atoms with Gasteiger partial charge in [-0.05, 0) is 24.6 Å². The molecule has 0 amide bonds. The molecule has 1 aromatic heterocycles. The van der Waals surface area contributed by atoms with Crippen molar-refractivity contribution >= 4 is 0 Å². The Balaban J connectivity index is 1.97. The highest BCUT2D eigenvalue weighted by molar-refractivity contribution is 5.29. The normalized spacial score (nSPS) is 11.1. The fraction of sp³-hybridized carbons (Fsp3) is 0.438. The Labute approximate surface area is 125 Å². The summed E-state index contributed by atoms with van der Waals surface area (Å²) in [6.45, 7) is 7.94. The first-order valence-electron chi connectivity index (χ1n) is 7.23. The average Bonchev–Trinajstić information content (AvgIpc) is 2.91. The van der Waals surface area contributed by atoms with Crippen LogP contribution < -0.4 is 10.1 Å². The van der Waals surface area contributed by atoms with E-state index in [0.717, 1.165) is 17.8 Å². The number of hydrogen-bond donors (Lipinski definition) is 1. The van der Waals surface area contributed by atoms with Gasteiger partial charge in [0.25, 0.3) is 0 Å². The maximum atomic E-state index is 14.0. The van der Waals surface area contributed by atoms with Crippen LogP contribution in [0.4, 0.5) is 4.39 Å². The van der Waals surface area contributed by atoms with Crippen LogP contribution in [0, 0.1) is 5.82 Å². The molecule has 0 unspecified atom stereocenters. The summed E-state index contributed by atoms with van der Waals surface area (Å²) in [7, 11) is 0. The third-order valence-corrected chi connectivity index (χ3v) is 3.23. The van der Waals surface area contributed by atoms with E-state index in [2.05, 4.69) is 24.1 Å². The van der Waals surface area contributed by atoms with Gasteiger partial charge in [-0.25, -0.2) is 9.37 Å². The fourth-order valence-electron chi connectivity index (χ4n) is 2.00. The molecular weight excluding hydrogens is 269 g/mol. The van der Waals surface area contributed by atoms with Crippen molar-refractivity contribution in [3.8, 4) is 5.75 Å². The van der Waals surface area contributed by atoms with Gasteiger partial charge in [-0.2, -0.15) is 0 Å². The summed E-state index contributed by atoms with van der Waals surface area (Å²) < 4.78 is 21.5. The number of nitrogens with zero attached hydrogens (tertiary/aromatic N) is 2. The Kier molecular flexibility index (Phi) is 5.33. The average molecular weight is 291 g/mol. The molecule has 1 N–H and O–H groups in total. The fourth-order valence-corrected chi connectivity index (χ4v) is 2.00. The van der Waals surface area contributed by atoms with Crippen LogP contribution in [0.25, 0.3) is 0 Å². The molecule has 114 valence electrons. The molecule has 0 aliphatic heterocycles. The highest BCUT2D eigenvalue weighted by atomic mass is 19.1. The highest BCUT2D eigenvalue weighted by Gasteiger charge is 2.07. The van der Waals surface area contributed by atoms with Crippen LogP contribution in [0.2, 0.25) is 0 Å². The molecular formula is C16H22FN3O. The molecule has 0 atom stereocenters. The number of imidazole rings is 1. The minimum Gasteiger partial charge on any atom is -0.484 e. The zero-order valence-corrected chi connectivity index (χ0v) is 12.8. The first-order chi connectivity index (χ1) is 10.1. The summed E-state index contributed by atoms with van der Waals surface area (Å²) >= 11 is 0. The number of hydrogen-bond acceptors (Lipinski definition) is 3. The van der Waals surface area contributed by atoms with Gasteiger partial charge in [0, 0.05) is 19.1 Å². The molecule has 4 nitrogen and oxygen atoms in total. The second kappa shape index (κ2) is 7.22. The minimum atomic E-state index is -0.333. The van der Waals surface area contributed by atoms with Crippen molar-refractivity contribution in [1.29, 1.82) is 0 Å². The van der Waals surface area contributed by atoms with Crippen molar-refractivity contribution in [3.63, 3.8) is 0 Å². The Morgan fingerprint density at radius 2 is 2.19 bits per heavy atom. The molecule has 21 heavy (non-hydrogen) atoms. The van der Waals surface area contributed by atoms with Crippen molar-refractivity contribution in [3.05, 3.63) is 47.8 Å². The SMILES string of the molecule is CCn1cncc1COc1ccc(CNC(C)C)cc1F. The lowest BCUT2D eigenvalue weighted by Gasteiger charge is -2.11. The lowest BCUT2D eigenvalue weighted by Crippen LogP contribution is -2.21. The monoisotopic (exact) mass is 291 g/mol. The third kappa shape index (κ3) is 4.29. The van der Waals surface area contributed by atoms with Crippen molar-refractivity contribution in [2.24, 2.45) is 0 Å². The molecule has 0 spiro atoms. The van der Waals surface area contributed by atoms with Gasteiger partial charge in [0.05, 0.1) is 18.2 Å². The van der Waals surface area contributed by atoms with Gasteiger partial charge in [0.2, 0.25) is 0 Å². The number of aromatic nitrogens is 2. The standard InChI is InChI=1S/C16H22FN3O/c1-4-20-11-18-9-14(20)10-21-16-6-5-13(7-15(16)17)8-19-12(2)3/h5-7,9,11-12,19H,4,8,10H2,1-3H3. The number of rotatable bonds is 7. The summed E-state index contributed by atoms with van der Waals surface area (Å²) in [6, 6.07) is 5.45. The van der Waals surface area contributed by atoms with E-state index in [4.69, 9.17) is 4.74 Å². The van der Waals surface area contributed by atoms with E-state index in [9.17, 15) is 4.39 Å². The van der Waals surface area contributed by atoms with E-state index in [0.29, 0.717) is 19.2 Å². The van der Waals surface area contributed by atoms with E-state index in [1.165, 1.54) is 6.07 Å². The Morgan fingerprint density at radius 1 is 1.38 bits per heavy atom. The maximum Gasteiger partial charge on any atom is 0.165 e. The molecule has 0 saturated carbocycles. The van der Waals surface area contributed by atoms with Gasteiger partial charge < -0.3 is 14.6 Å². The maximum absolute atomic E-state index is 14.0. The van der Waals surface area contributed by atoms with E-state index in [1.807, 2.05) is 17.6 Å². The predicted molar refractivity (Wildman–Crippen MR) is 80.6 cm³/mol. The lowest BCUT2D eigenvalue weighted by atomic mass is 10.2. The summed E-state index contributed by atoms with van der Waals surface area (Å²) in [5, 5.41) is 3.26. The third-order valence-electron chi connectivity index (χ3n) is 3.23. The van der Waals surface area contributed by atoms with Gasteiger partial charge in [-0.15, -0.1) is 0 Å². The van der Waals surface area contributed by atoms with Crippen molar-refractivity contribution in [1.82, 2.24) is 14.9 Å². The second-order valence-corrected chi connectivity index (χ2v) is 5.26. The highest BCUT2D eigenvalue weighted by Crippen LogP contribution is 2.19. The van der Waals surface area contributed by atoms with Crippen molar-refractivity contribution < 1.29 is 9.13 Å². The van der Waals surface area contributed by atoms with Crippen LogP contribution in [0.15, 0.2) is 30.7 Å². The van der Waals surface area contributed by atoms with Gasteiger partial charge >= 0.3 is 0 Å². The number of halogens is 1. The molecule has 0 aliphatic carbocycles. The molecule has 0 fully saturated rings. The van der Waals surface area contributed by atoms with Crippen molar-refractivity contribution in [2.75, 3.05) is 0 Å². The first-order valence-corrected chi connectivity index (χ1v) is 7.23. The van der Waals surface area contributed by atoms with E-state index in [-0.39, 0.29) is 11.6 Å². The topological polar surface area (TPSA) is 39.1 Å². The van der Waals surface area contributed by atoms with E-state index >= 15 is 0 Å². The first kappa shape index (κ1) is 15.5. The quantitative estimate of drug-likeness (QED) is 0.852. The number of aryl methyl sites for hydroxylation is 1. The largest absolute Gasteiger partial charge is 0.484 e. The molecule has 0 bridgehead atoms. The number of nitrogens with one attached hydrogen (secondary N) is 1. The van der Waals surface area contributed by atoms with Gasteiger partial charge in [0.1, 0.15) is 6.61 Å². The van der Waals surface area contributed by atoms with Crippen LogP contribution in [0.3, 0.4) is 0 Å². The predicted octanol–water partition coefficient (Wildman–Crippen LogP) is 3.12. The summed E-state index contributed by atoms with van der Waals surface area (Å²) in [5.41, 5.74) is 1.84.